The average Bonchev–Trinajstić information content (AvgIpc) is 2.10. The fraction of sp³-hybridized carbons (Fsp3) is 0.909. The third-order valence-corrected chi connectivity index (χ3v) is 3.80. The summed E-state index contributed by atoms with van der Waals surface area (Å²) in [5.74, 6) is 0.0784. The zero-order valence-corrected chi connectivity index (χ0v) is 9.55. The van der Waals surface area contributed by atoms with E-state index in [0.29, 0.717) is 6.54 Å². The maximum absolute atomic E-state index is 11.8. The molecule has 1 rings (SSSR count). The summed E-state index contributed by atoms with van der Waals surface area (Å²) in [6.07, 6.45) is 1.59. The van der Waals surface area contributed by atoms with Crippen LogP contribution < -0.4 is 5.32 Å². The highest BCUT2D eigenvalue weighted by molar-refractivity contribution is 5.84. The molecule has 0 aromatic rings. The van der Waals surface area contributed by atoms with Gasteiger partial charge in [-0.2, -0.15) is 0 Å². The number of hydrogen-bond donors (Lipinski definition) is 2. The topological polar surface area (TPSA) is 49.3 Å². The number of carbonyl (C=O) groups is 1. The maximum Gasteiger partial charge on any atom is 0.226 e. The molecule has 0 heterocycles. The number of nitrogens with one attached hydrogen (secondary N) is 1. The zero-order chi connectivity index (χ0) is 11.0. The number of aliphatic hydroxyl groups is 1. The largest absolute Gasteiger partial charge is 0.392 e. The molecule has 3 heteroatoms. The van der Waals surface area contributed by atoms with Crippen molar-refractivity contribution < 1.29 is 9.90 Å². The van der Waals surface area contributed by atoms with Gasteiger partial charge in [0.25, 0.3) is 0 Å². The Morgan fingerprint density at radius 1 is 1.43 bits per heavy atom. The molecule has 0 aromatic carbocycles. The van der Waals surface area contributed by atoms with Crippen LogP contribution in [0.2, 0.25) is 0 Å². The van der Waals surface area contributed by atoms with E-state index in [2.05, 4.69) is 19.2 Å². The summed E-state index contributed by atoms with van der Waals surface area (Å²) in [7, 11) is 0. The second kappa shape index (κ2) is 3.54. The number of rotatable bonds is 3. The van der Waals surface area contributed by atoms with Gasteiger partial charge >= 0.3 is 0 Å². The monoisotopic (exact) mass is 199 g/mol. The van der Waals surface area contributed by atoms with Crippen molar-refractivity contribution in [2.45, 2.75) is 46.6 Å². The molecule has 0 aliphatic heterocycles. The van der Waals surface area contributed by atoms with Crippen molar-refractivity contribution >= 4 is 5.91 Å². The van der Waals surface area contributed by atoms with Crippen LogP contribution in [-0.4, -0.2) is 23.7 Å². The zero-order valence-electron chi connectivity index (χ0n) is 9.55. The summed E-state index contributed by atoms with van der Waals surface area (Å²) >= 11 is 0. The minimum atomic E-state index is -0.467. The van der Waals surface area contributed by atoms with Gasteiger partial charge in [0.1, 0.15) is 0 Å². The lowest BCUT2D eigenvalue weighted by Gasteiger charge is -2.52. The molecule has 1 saturated carbocycles. The average molecular weight is 199 g/mol. The van der Waals surface area contributed by atoms with Crippen molar-refractivity contribution in [3.63, 3.8) is 0 Å². The summed E-state index contributed by atoms with van der Waals surface area (Å²) < 4.78 is 0. The fourth-order valence-corrected chi connectivity index (χ4v) is 1.86. The summed E-state index contributed by atoms with van der Waals surface area (Å²) in [5.41, 5.74) is -0.155. The maximum atomic E-state index is 11.8. The first kappa shape index (κ1) is 11.5. The normalized spacial score (nSPS) is 31.8. The van der Waals surface area contributed by atoms with Crippen LogP contribution in [0.4, 0.5) is 0 Å². The molecule has 0 spiro atoms. The second-order valence-corrected chi connectivity index (χ2v) is 5.28. The highest BCUT2D eigenvalue weighted by Gasteiger charge is 2.54. The molecule has 0 saturated heterocycles. The SMILES string of the molecule is CC(O)CNC(=O)C1(C)CCC1(C)C. The summed E-state index contributed by atoms with van der Waals surface area (Å²) in [5, 5.41) is 11.9. The quantitative estimate of drug-likeness (QED) is 0.720. The van der Waals surface area contributed by atoms with Gasteiger partial charge in [-0.15, -0.1) is 0 Å². The van der Waals surface area contributed by atoms with E-state index < -0.39 is 6.10 Å². The molecule has 2 N–H and O–H groups in total. The molecule has 0 bridgehead atoms. The smallest absolute Gasteiger partial charge is 0.226 e. The van der Waals surface area contributed by atoms with E-state index in [-0.39, 0.29) is 16.7 Å². The molecule has 82 valence electrons. The standard InChI is InChI=1S/C11H21NO2/c1-8(13)7-12-9(14)11(4)6-5-10(11,2)3/h8,13H,5-7H2,1-4H3,(H,12,14). The van der Waals surface area contributed by atoms with Gasteiger partial charge < -0.3 is 10.4 Å². The first-order valence-corrected chi connectivity index (χ1v) is 5.26. The van der Waals surface area contributed by atoms with E-state index in [9.17, 15) is 4.79 Å². The van der Waals surface area contributed by atoms with Crippen LogP contribution in [0.5, 0.6) is 0 Å². The molecule has 1 aliphatic carbocycles. The molecule has 0 aromatic heterocycles. The molecule has 1 aliphatic rings. The van der Waals surface area contributed by atoms with Gasteiger partial charge in [0.15, 0.2) is 0 Å². The van der Waals surface area contributed by atoms with Crippen LogP contribution in [0.15, 0.2) is 0 Å². The Hall–Kier alpha value is -0.570. The molecule has 1 amide bonds. The lowest BCUT2D eigenvalue weighted by molar-refractivity contribution is -0.149. The Morgan fingerprint density at radius 3 is 2.29 bits per heavy atom. The minimum Gasteiger partial charge on any atom is -0.392 e. The van der Waals surface area contributed by atoms with Crippen molar-refractivity contribution in [2.75, 3.05) is 6.54 Å². The van der Waals surface area contributed by atoms with Gasteiger partial charge in [0, 0.05) is 6.54 Å². The van der Waals surface area contributed by atoms with Crippen molar-refractivity contribution in [1.29, 1.82) is 0 Å². The summed E-state index contributed by atoms with van der Waals surface area (Å²) in [6, 6.07) is 0. The van der Waals surface area contributed by atoms with Crippen LogP contribution in [0.25, 0.3) is 0 Å². The van der Waals surface area contributed by atoms with Gasteiger partial charge in [0.05, 0.1) is 11.5 Å². The van der Waals surface area contributed by atoms with E-state index >= 15 is 0 Å². The van der Waals surface area contributed by atoms with Gasteiger partial charge in [-0.05, 0) is 25.2 Å². The first-order chi connectivity index (χ1) is 6.29. The highest BCUT2D eigenvalue weighted by atomic mass is 16.3. The number of hydrogen-bond acceptors (Lipinski definition) is 2. The van der Waals surface area contributed by atoms with Crippen molar-refractivity contribution in [1.82, 2.24) is 5.32 Å². The Kier molecular flexibility index (Phi) is 2.91. The molecule has 0 radical (unpaired) electrons. The number of carbonyl (C=O) groups excluding carboxylic acids is 1. The third kappa shape index (κ3) is 1.78. The fourth-order valence-electron chi connectivity index (χ4n) is 1.86. The number of aliphatic hydroxyl groups excluding tert-OH is 1. The second-order valence-electron chi connectivity index (χ2n) is 5.28. The molecular weight excluding hydrogens is 178 g/mol. The molecular formula is C11H21NO2. The van der Waals surface area contributed by atoms with Crippen LogP contribution in [0.1, 0.15) is 40.5 Å². The molecule has 1 fully saturated rings. The lowest BCUT2D eigenvalue weighted by atomic mass is 9.51. The van der Waals surface area contributed by atoms with E-state index in [0.717, 1.165) is 12.8 Å². The van der Waals surface area contributed by atoms with E-state index in [1.807, 2.05) is 6.92 Å². The summed E-state index contributed by atoms with van der Waals surface area (Å²) in [6.45, 7) is 8.28. The summed E-state index contributed by atoms with van der Waals surface area (Å²) in [4.78, 5) is 11.8. The van der Waals surface area contributed by atoms with Gasteiger partial charge in [-0.3, -0.25) is 4.79 Å². The Balaban J connectivity index is 2.53. The lowest BCUT2D eigenvalue weighted by Crippen LogP contribution is -2.55. The Labute approximate surface area is 85.9 Å². The molecule has 2 atom stereocenters. The molecule has 14 heavy (non-hydrogen) atoms. The van der Waals surface area contributed by atoms with Crippen molar-refractivity contribution in [2.24, 2.45) is 10.8 Å². The Morgan fingerprint density at radius 2 is 2.00 bits per heavy atom. The van der Waals surface area contributed by atoms with E-state index in [4.69, 9.17) is 5.11 Å². The Bertz CT molecular complexity index is 235. The van der Waals surface area contributed by atoms with Crippen LogP contribution in [0.3, 0.4) is 0 Å². The van der Waals surface area contributed by atoms with E-state index in [1.54, 1.807) is 6.92 Å². The van der Waals surface area contributed by atoms with Gasteiger partial charge in [-0.25, -0.2) is 0 Å². The van der Waals surface area contributed by atoms with Crippen molar-refractivity contribution in [3.05, 3.63) is 0 Å². The highest BCUT2D eigenvalue weighted by Crippen LogP contribution is 2.56. The van der Waals surface area contributed by atoms with E-state index in [1.165, 1.54) is 0 Å². The minimum absolute atomic E-state index is 0.0784. The predicted octanol–water partition coefficient (Wildman–Crippen LogP) is 1.31. The van der Waals surface area contributed by atoms with Crippen LogP contribution in [-0.2, 0) is 4.79 Å². The van der Waals surface area contributed by atoms with Crippen molar-refractivity contribution in [3.8, 4) is 0 Å². The predicted molar refractivity (Wildman–Crippen MR) is 55.8 cm³/mol. The van der Waals surface area contributed by atoms with Crippen LogP contribution >= 0.6 is 0 Å². The first-order valence-electron chi connectivity index (χ1n) is 5.26. The third-order valence-electron chi connectivity index (χ3n) is 3.80. The van der Waals surface area contributed by atoms with Gasteiger partial charge in [0.2, 0.25) is 5.91 Å². The van der Waals surface area contributed by atoms with Gasteiger partial charge in [-0.1, -0.05) is 20.8 Å². The van der Waals surface area contributed by atoms with Crippen LogP contribution in [0, 0.1) is 10.8 Å². The molecule has 3 nitrogen and oxygen atoms in total. The number of amides is 1. The molecule has 2 unspecified atom stereocenters.